The smallest absolute Gasteiger partial charge is 0.138 e. The van der Waals surface area contributed by atoms with Crippen LogP contribution in [0.1, 0.15) is 12.5 Å². The van der Waals surface area contributed by atoms with Gasteiger partial charge in [-0.1, -0.05) is 48.5 Å². The summed E-state index contributed by atoms with van der Waals surface area (Å²) >= 11 is 0. The van der Waals surface area contributed by atoms with E-state index in [9.17, 15) is 0 Å². The molecule has 24 heavy (non-hydrogen) atoms. The number of rotatable bonds is 6. The van der Waals surface area contributed by atoms with E-state index in [1.54, 1.807) is 6.33 Å². The average molecular weight is 318 g/mol. The zero-order chi connectivity index (χ0) is 16.8. The first-order chi connectivity index (χ1) is 11.8. The molecular weight excluding hydrogens is 296 g/mol. The molecular formula is C20H22N4. The van der Waals surface area contributed by atoms with Gasteiger partial charge in [0.15, 0.2) is 0 Å². The van der Waals surface area contributed by atoms with E-state index >= 15 is 0 Å². The van der Waals surface area contributed by atoms with Crippen molar-refractivity contribution in [1.29, 1.82) is 0 Å². The van der Waals surface area contributed by atoms with Gasteiger partial charge in [0.25, 0.3) is 0 Å². The van der Waals surface area contributed by atoms with Crippen LogP contribution in [0.3, 0.4) is 0 Å². The molecule has 1 heterocycles. The standard InChI is InChI=1S/C20H22N4/c1-3-24(15-17-10-6-4-7-11-17)20-14-19(21-16-22-20)23(2)18-12-8-5-9-13-18/h4-14,16H,3,15H2,1-2H3. The lowest BCUT2D eigenvalue weighted by atomic mass is 10.2. The lowest BCUT2D eigenvalue weighted by Gasteiger charge is -2.24. The molecule has 4 heteroatoms. The van der Waals surface area contributed by atoms with Crippen LogP contribution in [-0.4, -0.2) is 23.6 Å². The quantitative estimate of drug-likeness (QED) is 0.679. The van der Waals surface area contributed by atoms with Crippen LogP contribution in [0.5, 0.6) is 0 Å². The zero-order valence-electron chi connectivity index (χ0n) is 14.1. The van der Waals surface area contributed by atoms with Crippen molar-refractivity contribution >= 4 is 17.3 Å². The number of para-hydroxylation sites is 1. The Morgan fingerprint density at radius 2 is 1.46 bits per heavy atom. The summed E-state index contributed by atoms with van der Waals surface area (Å²) in [6.45, 7) is 3.87. The Kier molecular flexibility index (Phi) is 5.06. The number of benzene rings is 2. The third kappa shape index (κ3) is 3.71. The minimum Gasteiger partial charge on any atom is -0.352 e. The molecule has 4 nitrogen and oxygen atoms in total. The predicted molar refractivity (Wildman–Crippen MR) is 99.7 cm³/mol. The summed E-state index contributed by atoms with van der Waals surface area (Å²) in [4.78, 5) is 13.2. The van der Waals surface area contributed by atoms with Crippen molar-refractivity contribution in [3.63, 3.8) is 0 Å². The van der Waals surface area contributed by atoms with Gasteiger partial charge in [0, 0.05) is 31.9 Å². The minimum absolute atomic E-state index is 0.836. The highest BCUT2D eigenvalue weighted by Crippen LogP contribution is 2.24. The van der Waals surface area contributed by atoms with Crippen molar-refractivity contribution < 1.29 is 0 Å². The van der Waals surface area contributed by atoms with Crippen molar-refractivity contribution in [3.8, 4) is 0 Å². The molecule has 2 aromatic carbocycles. The Labute approximate surface area is 143 Å². The SMILES string of the molecule is CCN(Cc1ccccc1)c1cc(N(C)c2ccccc2)ncn1. The normalized spacial score (nSPS) is 10.4. The van der Waals surface area contributed by atoms with Crippen LogP contribution in [0.15, 0.2) is 73.1 Å². The number of hydrogen-bond acceptors (Lipinski definition) is 4. The molecule has 0 atom stereocenters. The molecule has 3 aromatic rings. The maximum Gasteiger partial charge on any atom is 0.138 e. The lowest BCUT2D eigenvalue weighted by Crippen LogP contribution is -2.23. The lowest BCUT2D eigenvalue weighted by molar-refractivity contribution is 0.809. The predicted octanol–water partition coefficient (Wildman–Crippen LogP) is 4.27. The van der Waals surface area contributed by atoms with E-state index in [0.29, 0.717) is 0 Å². The molecule has 0 radical (unpaired) electrons. The van der Waals surface area contributed by atoms with Crippen molar-refractivity contribution in [2.24, 2.45) is 0 Å². The Morgan fingerprint density at radius 1 is 0.833 bits per heavy atom. The van der Waals surface area contributed by atoms with Gasteiger partial charge in [-0.25, -0.2) is 9.97 Å². The van der Waals surface area contributed by atoms with E-state index in [2.05, 4.69) is 63.1 Å². The van der Waals surface area contributed by atoms with Gasteiger partial charge < -0.3 is 9.80 Å². The van der Waals surface area contributed by atoms with Crippen LogP contribution < -0.4 is 9.80 Å². The minimum atomic E-state index is 0.836. The van der Waals surface area contributed by atoms with Gasteiger partial charge in [-0.3, -0.25) is 0 Å². The number of nitrogens with zero attached hydrogens (tertiary/aromatic N) is 4. The van der Waals surface area contributed by atoms with E-state index in [4.69, 9.17) is 0 Å². The highest BCUT2D eigenvalue weighted by Gasteiger charge is 2.11. The van der Waals surface area contributed by atoms with E-state index in [1.165, 1.54) is 5.56 Å². The van der Waals surface area contributed by atoms with Crippen molar-refractivity contribution in [2.75, 3.05) is 23.4 Å². The summed E-state index contributed by atoms with van der Waals surface area (Å²) in [7, 11) is 2.02. The summed E-state index contributed by atoms with van der Waals surface area (Å²) in [6, 6.07) is 22.7. The Balaban J connectivity index is 1.83. The fraction of sp³-hybridized carbons (Fsp3) is 0.200. The van der Waals surface area contributed by atoms with Crippen molar-refractivity contribution in [1.82, 2.24) is 9.97 Å². The first kappa shape index (κ1) is 16.0. The first-order valence-electron chi connectivity index (χ1n) is 8.17. The summed E-state index contributed by atoms with van der Waals surface area (Å²) < 4.78 is 0. The van der Waals surface area contributed by atoms with E-state index in [-0.39, 0.29) is 0 Å². The molecule has 0 fully saturated rings. The fourth-order valence-corrected chi connectivity index (χ4v) is 2.64. The highest BCUT2D eigenvalue weighted by molar-refractivity contribution is 5.61. The van der Waals surface area contributed by atoms with Crippen LogP contribution in [0.25, 0.3) is 0 Å². The van der Waals surface area contributed by atoms with Gasteiger partial charge in [-0.05, 0) is 24.6 Å². The van der Waals surface area contributed by atoms with Gasteiger partial charge in [-0.15, -0.1) is 0 Å². The highest BCUT2D eigenvalue weighted by atomic mass is 15.2. The van der Waals surface area contributed by atoms with E-state index < -0.39 is 0 Å². The van der Waals surface area contributed by atoms with Crippen LogP contribution in [0, 0.1) is 0 Å². The van der Waals surface area contributed by atoms with Crippen molar-refractivity contribution in [3.05, 3.63) is 78.6 Å². The maximum absolute atomic E-state index is 4.47. The zero-order valence-corrected chi connectivity index (χ0v) is 14.1. The summed E-state index contributed by atoms with van der Waals surface area (Å²) in [5, 5.41) is 0. The average Bonchev–Trinajstić information content (AvgIpc) is 2.67. The van der Waals surface area contributed by atoms with Gasteiger partial charge in [0.05, 0.1) is 0 Å². The van der Waals surface area contributed by atoms with Crippen molar-refractivity contribution in [2.45, 2.75) is 13.5 Å². The van der Waals surface area contributed by atoms with Gasteiger partial charge in [0.2, 0.25) is 0 Å². The Morgan fingerprint density at radius 3 is 2.12 bits per heavy atom. The molecule has 122 valence electrons. The molecule has 0 unspecified atom stereocenters. The molecule has 3 rings (SSSR count). The second kappa shape index (κ2) is 7.59. The summed E-state index contributed by atoms with van der Waals surface area (Å²) in [5.74, 6) is 1.83. The summed E-state index contributed by atoms with van der Waals surface area (Å²) in [6.07, 6.45) is 1.64. The molecule has 0 bridgehead atoms. The van der Waals surface area contributed by atoms with Crippen LogP contribution in [0.4, 0.5) is 17.3 Å². The maximum atomic E-state index is 4.47. The topological polar surface area (TPSA) is 32.3 Å². The number of hydrogen-bond donors (Lipinski definition) is 0. The first-order valence-corrected chi connectivity index (χ1v) is 8.17. The molecule has 0 spiro atoms. The Bertz CT molecular complexity index is 759. The van der Waals surface area contributed by atoms with Crippen LogP contribution in [-0.2, 0) is 6.54 Å². The Hall–Kier alpha value is -2.88. The third-order valence-electron chi connectivity index (χ3n) is 4.05. The molecule has 0 aliphatic carbocycles. The van der Waals surface area contributed by atoms with Gasteiger partial charge in [0.1, 0.15) is 18.0 Å². The van der Waals surface area contributed by atoms with Crippen LogP contribution >= 0.6 is 0 Å². The van der Waals surface area contributed by atoms with E-state index in [1.807, 2.05) is 37.4 Å². The third-order valence-corrected chi connectivity index (χ3v) is 4.05. The number of aromatic nitrogens is 2. The van der Waals surface area contributed by atoms with E-state index in [0.717, 1.165) is 30.4 Å². The molecule has 0 N–H and O–H groups in total. The largest absolute Gasteiger partial charge is 0.352 e. The molecule has 0 aliphatic rings. The second-order valence-corrected chi connectivity index (χ2v) is 5.63. The summed E-state index contributed by atoms with van der Waals surface area (Å²) in [5.41, 5.74) is 2.38. The van der Waals surface area contributed by atoms with Crippen LogP contribution in [0.2, 0.25) is 0 Å². The monoisotopic (exact) mass is 318 g/mol. The van der Waals surface area contributed by atoms with Gasteiger partial charge in [-0.2, -0.15) is 0 Å². The molecule has 0 saturated carbocycles. The molecule has 0 saturated heterocycles. The molecule has 0 amide bonds. The second-order valence-electron chi connectivity index (χ2n) is 5.63. The van der Waals surface area contributed by atoms with Gasteiger partial charge >= 0.3 is 0 Å². The fourth-order valence-electron chi connectivity index (χ4n) is 2.64. The molecule has 0 aliphatic heterocycles. The number of anilines is 3. The molecule has 1 aromatic heterocycles.